The van der Waals surface area contributed by atoms with Gasteiger partial charge < -0.3 is 0 Å². The van der Waals surface area contributed by atoms with Gasteiger partial charge in [0, 0.05) is 17.0 Å². The second-order valence-electron chi connectivity index (χ2n) is 9.71. The first-order valence-electron chi connectivity index (χ1n) is 11.9. The summed E-state index contributed by atoms with van der Waals surface area (Å²) in [6.07, 6.45) is -0.246. The van der Waals surface area contributed by atoms with Crippen LogP contribution in [-0.4, -0.2) is 59.5 Å². The fraction of sp³-hybridized carbons (Fsp3) is 0.308. The van der Waals surface area contributed by atoms with Crippen molar-refractivity contribution in [2.45, 2.75) is 26.5 Å². The number of hydrogen-bond donors (Lipinski definition) is 0. The smallest absolute Gasteiger partial charge is 0.273 e. The van der Waals surface area contributed by atoms with Gasteiger partial charge in [-0.2, -0.15) is 5.01 Å². The molecule has 0 N–H and O–H groups in total. The van der Waals surface area contributed by atoms with E-state index in [1.165, 1.54) is 30.3 Å². The van der Waals surface area contributed by atoms with Gasteiger partial charge in [0.2, 0.25) is 0 Å². The minimum absolute atomic E-state index is 0.0218. The molecule has 222 valence electrons. The number of allylic oxidation sites excluding steroid dienone is 2. The maximum Gasteiger partial charge on any atom is 0.273 e. The minimum atomic E-state index is -2.22. The van der Waals surface area contributed by atoms with E-state index in [2.05, 4.69) is 0 Å². The van der Waals surface area contributed by atoms with Crippen LogP contribution < -0.4 is 0 Å². The molecule has 2 aromatic carbocycles. The number of hydrazine groups is 1. The van der Waals surface area contributed by atoms with E-state index >= 15 is 0 Å². The standard InChI is InChI=1S/C26H14Cl9FN2O4/c27-8-7-15(18(39)10-1-4-12(36)5-2-10)37(21(40)11-3-6-13(28)14(29)9-11)38-22(41)16-17(23(38)42)25(33)20(31)19(30)24(16,32)26(25,34)35/h1-6,9,15-17H,7-8H2/t15-,16-,17+,24-,25-/m1/s1. The highest BCUT2D eigenvalue weighted by Gasteiger charge is 2.88. The second kappa shape index (κ2) is 11.1. The molecule has 0 radical (unpaired) electrons. The molecule has 16 heteroatoms. The fourth-order valence-electron chi connectivity index (χ4n) is 5.60. The lowest BCUT2D eigenvalue weighted by molar-refractivity contribution is -0.157. The third-order valence-electron chi connectivity index (χ3n) is 7.58. The van der Waals surface area contributed by atoms with Gasteiger partial charge in [0.25, 0.3) is 17.7 Å². The molecule has 5 atom stereocenters. The molecule has 0 aromatic heterocycles. The summed E-state index contributed by atoms with van der Waals surface area (Å²) in [5.41, 5.74) is -0.176. The fourth-order valence-corrected chi connectivity index (χ4v) is 9.03. The van der Waals surface area contributed by atoms with Crippen molar-refractivity contribution in [3.05, 3.63) is 79.5 Å². The van der Waals surface area contributed by atoms with Crippen molar-refractivity contribution < 1.29 is 23.6 Å². The largest absolute Gasteiger partial charge is 0.292 e. The third-order valence-corrected chi connectivity index (χ3v) is 12.8. The number of hydrogen-bond acceptors (Lipinski definition) is 4. The van der Waals surface area contributed by atoms with Gasteiger partial charge in [0.05, 0.1) is 31.9 Å². The highest BCUT2D eigenvalue weighted by Crippen LogP contribution is 2.77. The van der Waals surface area contributed by atoms with Gasteiger partial charge in [-0.3, -0.25) is 19.2 Å². The Morgan fingerprint density at radius 1 is 0.833 bits per heavy atom. The molecule has 1 saturated carbocycles. The zero-order valence-corrected chi connectivity index (χ0v) is 27.3. The van der Waals surface area contributed by atoms with Crippen LogP contribution in [0.5, 0.6) is 0 Å². The number of alkyl halides is 5. The highest BCUT2D eigenvalue weighted by molar-refractivity contribution is 6.66. The quantitative estimate of drug-likeness (QED) is 0.164. The normalized spacial score (nSPS) is 28.4. The molecule has 0 unspecified atom stereocenters. The zero-order chi connectivity index (χ0) is 31.1. The Balaban J connectivity index is 1.68. The number of amides is 3. The monoisotopic (exact) mass is 752 g/mol. The van der Waals surface area contributed by atoms with Gasteiger partial charge in [0.1, 0.15) is 21.6 Å². The van der Waals surface area contributed by atoms with Gasteiger partial charge in [-0.1, -0.05) is 69.6 Å². The van der Waals surface area contributed by atoms with E-state index in [4.69, 9.17) is 104 Å². The predicted octanol–water partition coefficient (Wildman–Crippen LogP) is 7.82. The molecule has 1 heterocycles. The lowest BCUT2D eigenvalue weighted by Gasteiger charge is -2.39. The molecule has 2 fully saturated rings. The van der Waals surface area contributed by atoms with Crippen LogP contribution in [0.15, 0.2) is 52.5 Å². The molecule has 6 nitrogen and oxygen atoms in total. The van der Waals surface area contributed by atoms with Crippen molar-refractivity contribution >= 4 is 128 Å². The minimum Gasteiger partial charge on any atom is -0.292 e. The number of benzene rings is 2. The van der Waals surface area contributed by atoms with E-state index in [-0.39, 0.29) is 43.5 Å². The Kier molecular flexibility index (Phi) is 8.57. The van der Waals surface area contributed by atoms with Gasteiger partial charge in [-0.05, 0) is 48.9 Å². The number of fused-ring (bicyclic) bond motifs is 5. The molecule has 0 spiro atoms. The summed E-state index contributed by atoms with van der Waals surface area (Å²) in [6, 6.07) is 6.67. The summed E-state index contributed by atoms with van der Waals surface area (Å²) in [6.45, 7) is 0. The molecular formula is C26H14Cl9FN2O4. The van der Waals surface area contributed by atoms with Crippen LogP contribution in [0.3, 0.4) is 0 Å². The molecule has 1 aliphatic heterocycles. The van der Waals surface area contributed by atoms with Crippen molar-refractivity contribution in [2.75, 3.05) is 5.88 Å². The van der Waals surface area contributed by atoms with Crippen molar-refractivity contribution in [3.63, 3.8) is 0 Å². The van der Waals surface area contributed by atoms with Crippen LogP contribution in [0.25, 0.3) is 0 Å². The first kappa shape index (κ1) is 32.4. The number of carbonyl (C=O) groups is 4. The van der Waals surface area contributed by atoms with Crippen LogP contribution in [-0.2, 0) is 9.59 Å². The van der Waals surface area contributed by atoms with E-state index in [0.29, 0.717) is 10.0 Å². The molecular weight excluding hydrogens is 742 g/mol. The Morgan fingerprint density at radius 2 is 1.33 bits per heavy atom. The average Bonchev–Trinajstić information content (AvgIpc) is 3.33. The molecule has 3 aliphatic rings. The molecule has 3 amide bonds. The van der Waals surface area contributed by atoms with Crippen molar-refractivity contribution in [1.82, 2.24) is 10.0 Å². The van der Waals surface area contributed by atoms with Crippen LogP contribution in [0.4, 0.5) is 4.39 Å². The predicted molar refractivity (Wildman–Crippen MR) is 162 cm³/mol. The maximum absolute atomic E-state index is 14.2. The maximum atomic E-state index is 14.2. The summed E-state index contributed by atoms with van der Waals surface area (Å²) in [4.78, 5) is 52.0. The molecule has 2 aliphatic carbocycles. The van der Waals surface area contributed by atoms with E-state index in [1.807, 2.05) is 0 Å². The summed E-state index contributed by atoms with van der Waals surface area (Å²) < 4.78 is 11.4. The van der Waals surface area contributed by atoms with Gasteiger partial charge in [-0.25, -0.2) is 9.40 Å². The summed E-state index contributed by atoms with van der Waals surface area (Å²) in [5.74, 6) is -7.91. The van der Waals surface area contributed by atoms with Crippen molar-refractivity contribution in [1.29, 1.82) is 0 Å². The second-order valence-corrected chi connectivity index (χ2v) is 14.2. The Bertz CT molecular complexity index is 1540. The summed E-state index contributed by atoms with van der Waals surface area (Å²) >= 11 is 57.8. The van der Waals surface area contributed by atoms with Crippen LogP contribution in [0, 0.1) is 17.7 Å². The number of halogens is 10. The van der Waals surface area contributed by atoms with E-state index in [0.717, 1.165) is 12.1 Å². The highest BCUT2D eigenvalue weighted by atomic mass is 35.5. The number of carbonyl (C=O) groups excluding carboxylic acids is 4. The molecule has 2 aromatic rings. The summed E-state index contributed by atoms with van der Waals surface area (Å²) in [5, 5.41) is 0.543. The van der Waals surface area contributed by atoms with Crippen LogP contribution >= 0.6 is 104 Å². The topological polar surface area (TPSA) is 74.8 Å². The number of rotatable bonds is 7. The van der Waals surface area contributed by atoms with Gasteiger partial charge >= 0.3 is 0 Å². The number of nitrogens with zero attached hydrogens (tertiary/aromatic N) is 2. The molecule has 5 rings (SSSR count). The number of imide groups is 1. The Morgan fingerprint density at radius 3 is 1.81 bits per heavy atom. The Hall–Kier alpha value is -1.000. The molecule has 2 bridgehead atoms. The van der Waals surface area contributed by atoms with E-state index < -0.39 is 61.3 Å². The average molecular weight is 756 g/mol. The molecule has 1 saturated heterocycles. The lowest BCUT2D eigenvalue weighted by atomic mass is 9.84. The first-order valence-corrected chi connectivity index (χ1v) is 15.5. The number of Topliss-reactive ketones (excluding diaryl/α,β-unsaturated/α-hetero) is 1. The van der Waals surface area contributed by atoms with Gasteiger partial charge in [-0.15, -0.1) is 34.8 Å². The van der Waals surface area contributed by atoms with E-state index in [9.17, 15) is 23.6 Å². The first-order chi connectivity index (χ1) is 19.6. The molecule has 42 heavy (non-hydrogen) atoms. The van der Waals surface area contributed by atoms with Crippen molar-refractivity contribution in [3.8, 4) is 0 Å². The van der Waals surface area contributed by atoms with Crippen molar-refractivity contribution in [2.24, 2.45) is 11.8 Å². The van der Waals surface area contributed by atoms with Gasteiger partial charge in [0.15, 0.2) is 10.1 Å². The van der Waals surface area contributed by atoms with E-state index in [1.54, 1.807) is 0 Å². The lowest BCUT2D eigenvalue weighted by Crippen LogP contribution is -2.60. The zero-order valence-electron chi connectivity index (χ0n) is 20.5. The summed E-state index contributed by atoms with van der Waals surface area (Å²) in [7, 11) is 0. The number of ketones is 1. The third kappa shape index (κ3) is 4.26. The SMILES string of the molecule is O=C(c1ccc(F)cc1)[C@@H](CCCl)N(C(=O)c1ccc(Cl)c(Cl)c1)N1C(=O)[C@@H]2[C@H](C1=O)[C@@]1(Cl)C(Cl)=C(Cl)[C@@]2(Cl)C1(Cl)Cl. The van der Waals surface area contributed by atoms with Crippen LogP contribution in [0.1, 0.15) is 27.1 Å². The van der Waals surface area contributed by atoms with Crippen LogP contribution in [0.2, 0.25) is 10.0 Å². The Labute approximate surface area is 283 Å².